The first-order valence-corrected chi connectivity index (χ1v) is 5.87. The molecular weight excluding hydrogens is 256 g/mol. The number of carboxylic acids is 1. The monoisotopic (exact) mass is 268 g/mol. The Balaban J connectivity index is 2.17. The molecule has 0 amide bonds. The molecule has 0 bridgehead atoms. The first kappa shape index (κ1) is 13.5. The van der Waals surface area contributed by atoms with Crippen LogP contribution in [-0.4, -0.2) is 28.3 Å². The number of carbonyl (C=O) groups is 1. The third kappa shape index (κ3) is 2.90. The SMILES string of the molecule is CN(Cc1ccc(C(=O)O)cc1)c1nnccc1C#N. The summed E-state index contributed by atoms with van der Waals surface area (Å²) >= 11 is 0. The largest absolute Gasteiger partial charge is 0.478 e. The Kier molecular flexibility index (Phi) is 3.91. The maximum Gasteiger partial charge on any atom is 0.335 e. The van der Waals surface area contributed by atoms with Gasteiger partial charge >= 0.3 is 5.97 Å². The van der Waals surface area contributed by atoms with Crippen LogP contribution >= 0.6 is 0 Å². The molecule has 6 nitrogen and oxygen atoms in total. The predicted molar refractivity (Wildman–Crippen MR) is 72.3 cm³/mol. The molecule has 1 aromatic heterocycles. The second kappa shape index (κ2) is 5.80. The number of aromatic nitrogens is 2. The highest BCUT2D eigenvalue weighted by atomic mass is 16.4. The van der Waals surface area contributed by atoms with Crippen LogP contribution in [0.25, 0.3) is 0 Å². The van der Waals surface area contributed by atoms with E-state index in [0.717, 1.165) is 5.56 Å². The van der Waals surface area contributed by atoms with Crippen molar-refractivity contribution in [2.45, 2.75) is 6.54 Å². The van der Waals surface area contributed by atoms with Crippen LogP contribution < -0.4 is 4.90 Å². The van der Waals surface area contributed by atoms with Gasteiger partial charge in [-0.3, -0.25) is 0 Å². The van der Waals surface area contributed by atoms with Crippen molar-refractivity contribution in [3.63, 3.8) is 0 Å². The summed E-state index contributed by atoms with van der Waals surface area (Å²) in [6.07, 6.45) is 1.47. The number of rotatable bonds is 4. The van der Waals surface area contributed by atoms with Gasteiger partial charge in [-0.2, -0.15) is 10.4 Å². The molecule has 1 N–H and O–H groups in total. The standard InChI is InChI=1S/C14H12N4O2/c1-18(13-12(8-15)6-7-16-17-13)9-10-2-4-11(5-3-10)14(19)20/h2-7H,9H2,1H3,(H,19,20). The van der Waals surface area contributed by atoms with Gasteiger partial charge in [0.15, 0.2) is 5.82 Å². The molecule has 1 aromatic carbocycles. The number of anilines is 1. The second-order valence-corrected chi connectivity index (χ2v) is 4.24. The zero-order valence-corrected chi connectivity index (χ0v) is 10.8. The van der Waals surface area contributed by atoms with Gasteiger partial charge in [-0.15, -0.1) is 5.10 Å². The van der Waals surface area contributed by atoms with E-state index >= 15 is 0 Å². The fourth-order valence-corrected chi connectivity index (χ4v) is 1.80. The Morgan fingerprint density at radius 3 is 2.65 bits per heavy atom. The summed E-state index contributed by atoms with van der Waals surface area (Å²) in [6.45, 7) is 0.507. The lowest BCUT2D eigenvalue weighted by molar-refractivity contribution is 0.0697. The van der Waals surface area contributed by atoms with E-state index in [1.165, 1.54) is 6.20 Å². The van der Waals surface area contributed by atoms with Crippen molar-refractivity contribution in [3.8, 4) is 6.07 Å². The number of nitriles is 1. The summed E-state index contributed by atoms with van der Waals surface area (Å²) in [5.74, 6) is -0.456. The molecule has 20 heavy (non-hydrogen) atoms. The molecule has 0 aliphatic rings. The molecule has 0 aliphatic heterocycles. The minimum Gasteiger partial charge on any atom is -0.478 e. The highest BCUT2D eigenvalue weighted by Gasteiger charge is 2.10. The molecule has 0 fully saturated rings. The van der Waals surface area contributed by atoms with Crippen molar-refractivity contribution in [3.05, 3.63) is 53.2 Å². The smallest absolute Gasteiger partial charge is 0.335 e. The van der Waals surface area contributed by atoms with Gasteiger partial charge in [0.05, 0.1) is 17.3 Å². The quantitative estimate of drug-likeness (QED) is 0.907. The summed E-state index contributed by atoms with van der Waals surface area (Å²) < 4.78 is 0. The maximum absolute atomic E-state index is 10.8. The molecule has 2 rings (SSSR count). The lowest BCUT2D eigenvalue weighted by Gasteiger charge is -2.18. The molecule has 0 saturated carbocycles. The van der Waals surface area contributed by atoms with Crippen LogP contribution in [0, 0.1) is 11.3 Å². The van der Waals surface area contributed by atoms with Crippen LogP contribution in [0.3, 0.4) is 0 Å². The zero-order valence-electron chi connectivity index (χ0n) is 10.8. The van der Waals surface area contributed by atoms with Crippen LogP contribution in [0.1, 0.15) is 21.5 Å². The number of nitrogens with zero attached hydrogens (tertiary/aromatic N) is 4. The van der Waals surface area contributed by atoms with Crippen molar-refractivity contribution >= 4 is 11.8 Å². The Labute approximate surface area is 115 Å². The van der Waals surface area contributed by atoms with Gasteiger partial charge in [0.2, 0.25) is 0 Å². The fourth-order valence-electron chi connectivity index (χ4n) is 1.80. The van der Waals surface area contributed by atoms with Gasteiger partial charge in [0, 0.05) is 13.6 Å². The van der Waals surface area contributed by atoms with Crippen molar-refractivity contribution in [1.82, 2.24) is 10.2 Å². The molecule has 0 radical (unpaired) electrons. The summed E-state index contributed by atoms with van der Waals surface area (Å²) in [7, 11) is 1.80. The molecule has 6 heteroatoms. The topological polar surface area (TPSA) is 90.1 Å². The lowest BCUT2D eigenvalue weighted by atomic mass is 10.1. The predicted octanol–water partition coefficient (Wildman–Crippen LogP) is 1.68. The van der Waals surface area contributed by atoms with Crippen molar-refractivity contribution in [2.24, 2.45) is 0 Å². The third-order valence-electron chi connectivity index (χ3n) is 2.80. The van der Waals surface area contributed by atoms with Gasteiger partial charge in [-0.1, -0.05) is 12.1 Å². The average molecular weight is 268 g/mol. The van der Waals surface area contributed by atoms with E-state index in [4.69, 9.17) is 10.4 Å². The lowest BCUT2D eigenvalue weighted by Crippen LogP contribution is -2.19. The van der Waals surface area contributed by atoms with Crippen LogP contribution in [0.2, 0.25) is 0 Å². The minimum absolute atomic E-state index is 0.244. The number of hydrogen-bond acceptors (Lipinski definition) is 5. The van der Waals surface area contributed by atoms with E-state index in [9.17, 15) is 4.79 Å². The van der Waals surface area contributed by atoms with Gasteiger partial charge in [0.1, 0.15) is 6.07 Å². The molecule has 0 atom stereocenters. The first-order valence-electron chi connectivity index (χ1n) is 5.87. The fraction of sp³-hybridized carbons (Fsp3) is 0.143. The van der Waals surface area contributed by atoms with Crippen LogP contribution in [-0.2, 0) is 6.54 Å². The van der Waals surface area contributed by atoms with Crippen molar-refractivity contribution in [2.75, 3.05) is 11.9 Å². The van der Waals surface area contributed by atoms with E-state index in [1.807, 2.05) is 0 Å². The molecule has 0 saturated heterocycles. The molecule has 0 unspecified atom stereocenters. The highest BCUT2D eigenvalue weighted by Crippen LogP contribution is 2.16. The number of hydrogen-bond donors (Lipinski definition) is 1. The van der Waals surface area contributed by atoms with Crippen molar-refractivity contribution in [1.29, 1.82) is 5.26 Å². The first-order chi connectivity index (χ1) is 9.61. The van der Waals surface area contributed by atoms with E-state index in [-0.39, 0.29) is 5.56 Å². The molecule has 1 heterocycles. The Bertz CT molecular complexity index is 662. The molecule has 100 valence electrons. The number of carboxylic acid groups (broad SMARTS) is 1. The summed E-state index contributed by atoms with van der Waals surface area (Å²) in [6, 6.07) is 10.2. The summed E-state index contributed by atoms with van der Waals surface area (Å²) in [5.41, 5.74) is 1.62. The third-order valence-corrected chi connectivity index (χ3v) is 2.80. The van der Waals surface area contributed by atoms with Crippen LogP contribution in [0.15, 0.2) is 36.5 Å². The van der Waals surface area contributed by atoms with Gasteiger partial charge in [0.25, 0.3) is 0 Å². The van der Waals surface area contributed by atoms with E-state index in [0.29, 0.717) is 17.9 Å². The van der Waals surface area contributed by atoms with Gasteiger partial charge in [-0.05, 0) is 23.8 Å². The van der Waals surface area contributed by atoms with Crippen molar-refractivity contribution < 1.29 is 9.90 Å². The Hall–Kier alpha value is -2.94. The maximum atomic E-state index is 10.8. The number of benzene rings is 1. The average Bonchev–Trinajstić information content (AvgIpc) is 2.47. The molecule has 0 aliphatic carbocycles. The minimum atomic E-state index is -0.953. The van der Waals surface area contributed by atoms with E-state index in [1.54, 1.807) is 42.3 Å². The van der Waals surface area contributed by atoms with E-state index < -0.39 is 5.97 Å². The Morgan fingerprint density at radius 2 is 2.05 bits per heavy atom. The van der Waals surface area contributed by atoms with Crippen LogP contribution in [0.5, 0.6) is 0 Å². The normalized spacial score (nSPS) is 9.80. The zero-order chi connectivity index (χ0) is 14.5. The summed E-state index contributed by atoms with van der Waals surface area (Å²) in [4.78, 5) is 12.6. The Morgan fingerprint density at radius 1 is 1.35 bits per heavy atom. The van der Waals surface area contributed by atoms with Gasteiger partial charge < -0.3 is 10.0 Å². The number of aromatic carboxylic acids is 1. The summed E-state index contributed by atoms with van der Waals surface area (Å²) in [5, 5.41) is 25.6. The van der Waals surface area contributed by atoms with Gasteiger partial charge in [-0.25, -0.2) is 4.79 Å². The molecular formula is C14H12N4O2. The van der Waals surface area contributed by atoms with Crippen LogP contribution in [0.4, 0.5) is 5.82 Å². The highest BCUT2D eigenvalue weighted by molar-refractivity contribution is 5.87. The second-order valence-electron chi connectivity index (χ2n) is 4.24. The van der Waals surface area contributed by atoms with E-state index in [2.05, 4.69) is 16.3 Å². The molecule has 2 aromatic rings. The molecule has 0 spiro atoms.